The molecule has 0 saturated carbocycles. The van der Waals surface area contributed by atoms with Crippen LogP contribution in [0.2, 0.25) is 0 Å². The molecule has 4 aromatic heterocycles. The van der Waals surface area contributed by atoms with Crippen LogP contribution < -0.4 is 15.0 Å². The van der Waals surface area contributed by atoms with E-state index in [1.54, 1.807) is 6.20 Å². The molecule has 0 aliphatic carbocycles. The van der Waals surface area contributed by atoms with Gasteiger partial charge >= 0.3 is 0 Å². The smallest absolute Gasteiger partial charge is 0.223 e. The normalized spacial score (nSPS) is 19.2. The first-order valence-corrected chi connectivity index (χ1v) is 12.5. The van der Waals surface area contributed by atoms with Crippen molar-refractivity contribution in [3.8, 4) is 16.9 Å². The van der Waals surface area contributed by atoms with Crippen molar-refractivity contribution >= 4 is 28.3 Å². The maximum atomic E-state index is 12.5. The lowest BCUT2D eigenvalue weighted by Crippen LogP contribution is -2.55. The van der Waals surface area contributed by atoms with Gasteiger partial charge in [-0.3, -0.25) is 9.89 Å². The Kier molecular flexibility index (Phi) is 6.53. The number of piperidine rings is 1. The monoisotopic (exact) mass is 491 g/mol. The summed E-state index contributed by atoms with van der Waals surface area (Å²) in [7, 11) is 0. The standard InChI is InChI=1S/C26H33N7O3/c1-5-36-18-10-19(24-20-12-28-30-25(20)31-33(24)13-18)17-6-7-23(27-11-17)32-9-8-21(22(34)14-32)29-26(35)16(4)15(2)3/h6-7,10-13,15-16,21-22,34H,5,8-9,14H2,1-4H3,(H,29,35)(H,30,31)/t16?,21-,22-/m0/s1. The summed E-state index contributed by atoms with van der Waals surface area (Å²) in [6.07, 6.45) is 5.48. The number of carbonyl (C=O) groups is 1. The molecule has 1 unspecified atom stereocenters. The number of rotatable bonds is 7. The molecular formula is C26H33N7O3. The van der Waals surface area contributed by atoms with Crippen LogP contribution in [0.3, 0.4) is 0 Å². The maximum absolute atomic E-state index is 12.5. The highest BCUT2D eigenvalue weighted by Crippen LogP contribution is 2.33. The Labute approximate surface area is 209 Å². The third-order valence-electron chi connectivity index (χ3n) is 7.12. The fourth-order valence-corrected chi connectivity index (χ4v) is 4.66. The van der Waals surface area contributed by atoms with Gasteiger partial charge in [0.2, 0.25) is 5.91 Å². The van der Waals surface area contributed by atoms with Crippen molar-refractivity contribution in [1.29, 1.82) is 0 Å². The Balaban J connectivity index is 1.35. The predicted octanol–water partition coefficient (Wildman–Crippen LogP) is 3.02. The number of nitrogens with one attached hydrogen (secondary N) is 2. The van der Waals surface area contributed by atoms with E-state index in [1.165, 1.54) is 0 Å². The van der Waals surface area contributed by atoms with Gasteiger partial charge in [-0.2, -0.15) is 5.10 Å². The highest BCUT2D eigenvalue weighted by atomic mass is 16.5. The number of ether oxygens (including phenoxy) is 1. The molecule has 1 aliphatic heterocycles. The number of H-pyrrole nitrogens is 1. The Morgan fingerprint density at radius 2 is 2.14 bits per heavy atom. The average Bonchev–Trinajstić information content (AvgIpc) is 3.46. The summed E-state index contributed by atoms with van der Waals surface area (Å²) in [5.74, 6) is 1.68. The highest BCUT2D eigenvalue weighted by molar-refractivity contribution is 6.00. The molecule has 190 valence electrons. The van der Waals surface area contributed by atoms with E-state index in [4.69, 9.17) is 9.72 Å². The summed E-state index contributed by atoms with van der Waals surface area (Å²) in [5.41, 5.74) is 3.52. The van der Waals surface area contributed by atoms with Crippen molar-refractivity contribution in [3.05, 3.63) is 36.8 Å². The summed E-state index contributed by atoms with van der Waals surface area (Å²) >= 11 is 0. The fraction of sp³-hybridized carbons (Fsp3) is 0.462. The number of aliphatic hydroxyl groups excluding tert-OH is 1. The molecule has 5 rings (SSSR count). The van der Waals surface area contributed by atoms with Crippen molar-refractivity contribution < 1.29 is 14.6 Å². The number of carbonyl (C=O) groups excluding carboxylic acids is 1. The minimum absolute atomic E-state index is 0.00261. The summed E-state index contributed by atoms with van der Waals surface area (Å²) in [6, 6.07) is 5.74. The van der Waals surface area contributed by atoms with Gasteiger partial charge in [0.25, 0.3) is 0 Å². The number of hydrogen-bond donors (Lipinski definition) is 3. The van der Waals surface area contributed by atoms with Crippen LogP contribution in [0.25, 0.3) is 27.7 Å². The number of pyridine rings is 2. The molecule has 1 saturated heterocycles. The van der Waals surface area contributed by atoms with Crippen LogP contribution in [0.4, 0.5) is 5.82 Å². The molecule has 1 amide bonds. The van der Waals surface area contributed by atoms with Crippen LogP contribution in [-0.2, 0) is 4.79 Å². The number of anilines is 1. The zero-order valence-electron chi connectivity index (χ0n) is 21.1. The Morgan fingerprint density at radius 3 is 2.83 bits per heavy atom. The zero-order valence-corrected chi connectivity index (χ0v) is 21.1. The predicted molar refractivity (Wildman–Crippen MR) is 138 cm³/mol. The highest BCUT2D eigenvalue weighted by Gasteiger charge is 2.31. The third kappa shape index (κ3) is 4.48. The molecule has 5 heterocycles. The number of aromatic amines is 1. The van der Waals surface area contributed by atoms with Gasteiger partial charge in [0.1, 0.15) is 11.6 Å². The molecule has 10 nitrogen and oxygen atoms in total. The molecule has 1 aliphatic rings. The summed E-state index contributed by atoms with van der Waals surface area (Å²) in [4.78, 5) is 19.2. The fourth-order valence-electron chi connectivity index (χ4n) is 4.66. The van der Waals surface area contributed by atoms with Gasteiger partial charge in [-0.15, -0.1) is 5.10 Å². The SMILES string of the molecule is CCOc1cc(-c2ccc(N3CC[C@H](NC(=O)C(C)C(C)C)[C@@H](O)C3)nc2)c2c3cn[nH]c3nn2c1. The van der Waals surface area contributed by atoms with Crippen LogP contribution >= 0.6 is 0 Å². The molecule has 0 bridgehead atoms. The number of aromatic nitrogens is 5. The maximum Gasteiger partial charge on any atom is 0.223 e. The average molecular weight is 492 g/mol. The van der Waals surface area contributed by atoms with Gasteiger partial charge in [-0.1, -0.05) is 20.8 Å². The lowest BCUT2D eigenvalue weighted by atomic mass is 9.95. The van der Waals surface area contributed by atoms with E-state index in [9.17, 15) is 9.90 Å². The molecule has 3 atom stereocenters. The van der Waals surface area contributed by atoms with E-state index in [-0.39, 0.29) is 23.8 Å². The largest absolute Gasteiger partial charge is 0.492 e. The molecule has 0 spiro atoms. The third-order valence-corrected chi connectivity index (χ3v) is 7.12. The molecule has 0 radical (unpaired) electrons. The topological polar surface area (TPSA) is 121 Å². The van der Waals surface area contributed by atoms with E-state index in [0.717, 1.165) is 33.6 Å². The first kappa shape index (κ1) is 24.1. The molecular weight excluding hydrogens is 458 g/mol. The van der Waals surface area contributed by atoms with E-state index >= 15 is 0 Å². The van der Waals surface area contributed by atoms with Gasteiger partial charge in [0.15, 0.2) is 5.65 Å². The lowest BCUT2D eigenvalue weighted by Gasteiger charge is -2.37. The van der Waals surface area contributed by atoms with E-state index in [1.807, 2.05) is 62.8 Å². The van der Waals surface area contributed by atoms with Crippen molar-refractivity contribution in [3.63, 3.8) is 0 Å². The minimum atomic E-state index is -0.660. The van der Waals surface area contributed by atoms with Crippen LogP contribution in [0.1, 0.15) is 34.1 Å². The van der Waals surface area contributed by atoms with E-state index in [2.05, 4.69) is 25.5 Å². The Bertz CT molecular complexity index is 1360. The van der Waals surface area contributed by atoms with Crippen molar-refractivity contribution in [1.82, 2.24) is 30.1 Å². The van der Waals surface area contributed by atoms with Gasteiger partial charge in [0, 0.05) is 36.3 Å². The first-order valence-electron chi connectivity index (χ1n) is 12.5. The Hall–Kier alpha value is -3.66. The van der Waals surface area contributed by atoms with Gasteiger partial charge in [-0.25, -0.2) is 9.50 Å². The first-order chi connectivity index (χ1) is 17.4. The van der Waals surface area contributed by atoms with Gasteiger partial charge < -0.3 is 20.1 Å². The minimum Gasteiger partial charge on any atom is -0.492 e. The summed E-state index contributed by atoms with van der Waals surface area (Å²) in [6.45, 7) is 9.60. The number of amides is 1. The molecule has 0 aromatic carbocycles. The van der Waals surface area contributed by atoms with Gasteiger partial charge in [0.05, 0.1) is 42.0 Å². The summed E-state index contributed by atoms with van der Waals surface area (Å²) in [5, 5.41) is 26.3. The zero-order chi connectivity index (χ0) is 25.4. The lowest BCUT2D eigenvalue weighted by molar-refractivity contribution is -0.127. The molecule has 3 N–H and O–H groups in total. The van der Waals surface area contributed by atoms with Crippen LogP contribution in [-0.4, -0.2) is 67.7 Å². The molecule has 36 heavy (non-hydrogen) atoms. The van der Waals surface area contributed by atoms with E-state index < -0.39 is 6.10 Å². The number of nitrogens with zero attached hydrogens (tertiary/aromatic N) is 5. The van der Waals surface area contributed by atoms with Crippen LogP contribution in [0.15, 0.2) is 36.8 Å². The Morgan fingerprint density at radius 1 is 1.31 bits per heavy atom. The molecule has 4 aromatic rings. The number of hydrogen-bond acceptors (Lipinski definition) is 7. The van der Waals surface area contributed by atoms with Crippen LogP contribution in [0, 0.1) is 11.8 Å². The van der Waals surface area contributed by atoms with Crippen molar-refractivity contribution in [2.24, 2.45) is 11.8 Å². The number of fused-ring (bicyclic) bond motifs is 3. The molecule has 1 fully saturated rings. The summed E-state index contributed by atoms with van der Waals surface area (Å²) < 4.78 is 7.58. The van der Waals surface area contributed by atoms with Gasteiger partial charge in [-0.05, 0) is 37.5 Å². The molecule has 10 heteroatoms. The van der Waals surface area contributed by atoms with Crippen molar-refractivity contribution in [2.45, 2.75) is 46.3 Å². The van der Waals surface area contributed by atoms with Crippen molar-refractivity contribution in [2.75, 3.05) is 24.6 Å². The van der Waals surface area contributed by atoms with E-state index in [0.29, 0.717) is 31.8 Å². The number of aliphatic hydroxyl groups is 1. The second-order valence-corrected chi connectivity index (χ2v) is 9.80. The number of β-amino-alcohol motifs (C(OH)–C–C–N with tert-alkyl or cyclic N) is 1. The van der Waals surface area contributed by atoms with Crippen LogP contribution in [0.5, 0.6) is 5.75 Å². The second kappa shape index (κ2) is 9.77. The second-order valence-electron chi connectivity index (χ2n) is 9.80. The quantitative estimate of drug-likeness (QED) is 0.363.